The van der Waals surface area contributed by atoms with Gasteiger partial charge in [-0.1, -0.05) is 6.08 Å². The second-order valence-electron chi connectivity index (χ2n) is 5.55. The van der Waals surface area contributed by atoms with E-state index in [1.807, 2.05) is 7.05 Å². The van der Waals surface area contributed by atoms with Gasteiger partial charge in [-0.3, -0.25) is 4.79 Å². The minimum absolute atomic E-state index is 0.101. The third-order valence-electron chi connectivity index (χ3n) is 4.23. The van der Waals surface area contributed by atoms with E-state index in [9.17, 15) is 4.79 Å². The monoisotopic (exact) mass is 354 g/mol. The van der Waals surface area contributed by atoms with Gasteiger partial charge >= 0.3 is 0 Å². The zero-order chi connectivity index (χ0) is 15.4. The Bertz CT molecular complexity index is 557. The van der Waals surface area contributed by atoms with E-state index in [1.54, 1.807) is 12.3 Å². The van der Waals surface area contributed by atoms with Gasteiger partial charge in [-0.05, 0) is 48.7 Å². The zero-order valence-electron chi connectivity index (χ0n) is 12.7. The number of nitrogens with zero attached hydrogens (tertiary/aromatic N) is 3. The van der Waals surface area contributed by atoms with Gasteiger partial charge in [0.25, 0.3) is 5.56 Å². The van der Waals surface area contributed by atoms with Crippen molar-refractivity contribution in [3.63, 3.8) is 0 Å². The van der Waals surface area contributed by atoms with Crippen LogP contribution in [0.15, 0.2) is 28.1 Å². The molecule has 0 bridgehead atoms. The molecule has 5 nitrogen and oxygen atoms in total. The highest BCUT2D eigenvalue weighted by atomic mass is 79.9. The lowest BCUT2D eigenvalue weighted by Gasteiger charge is -2.37. The first-order valence-corrected chi connectivity index (χ1v) is 8.16. The normalized spacial score (nSPS) is 20.3. The molecule has 0 aromatic carbocycles. The number of halogens is 1. The van der Waals surface area contributed by atoms with Gasteiger partial charge in [0.05, 0.1) is 18.4 Å². The highest BCUT2D eigenvalue weighted by molar-refractivity contribution is 9.10. The molecule has 0 spiro atoms. The molecule has 0 amide bonds. The van der Waals surface area contributed by atoms with Crippen molar-refractivity contribution < 1.29 is 0 Å². The van der Waals surface area contributed by atoms with Gasteiger partial charge in [0.15, 0.2) is 0 Å². The fourth-order valence-electron chi connectivity index (χ4n) is 2.80. The van der Waals surface area contributed by atoms with Crippen LogP contribution >= 0.6 is 15.9 Å². The molecule has 2 atom stereocenters. The smallest absolute Gasteiger partial charge is 0.283 e. The number of aromatic nitrogens is 2. The number of hydrogen-bond acceptors (Lipinski definition) is 4. The molecule has 6 heteroatoms. The minimum Gasteiger partial charge on any atom is -0.369 e. The van der Waals surface area contributed by atoms with Gasteiger partial charge in [0.2, 0.25) is 0 Å². The van der Waals surface area contributed by atoms with Gasteiger partial charge in [-0.25, -0.2) is 4.68 Å². The molecule has 1 aromatic rings. The fraction of sp³-hybridized carbons (Fsp3) is 0.600. The molecule has 1 aliphatic rings. The lowest BCUT2D eigenvalue weighted by atomic mass is 9.91. The first-order valence-electron chi connectivity index (χ1n) is 7.37. The van der Waals surface area contributed by atoms with E-state index in [4.69, 9.17) is 0 Å². The number of anilines is 1. The first-order chi connectivity index (χ1) is 10.1. The molecular formula is C15H23BrN4O. The van der Waals surface area contributed by atoms with Crippen LogP contribution in [0.1, 0.15) is 19.8 Å². The van der Waals surface area contributed by atoms with Gasteiger partial charge in [-0.15, -0.1) is 6.58 Å². The summed E-state index contributed by atoms with van der Waals surface area (Å²) in [6.07, 6.45) is 5.81. The Balaban J connectivity index is 2.23. The second kappa shape index (κ2) is 7.22. The Kier molecular flexibility index (Phi) is 5.58. The molecule has 2 unspecified atom stereocenters. The Morgan fingerprint density at radius 1 is 1.67 bits per heavy atom. The third kappa shape index (κ3) is 3.55. The van der Waals surface area contributed by atoms with Crippen LogP contribution in [0, 0.1) is 5.92 Å². The van der Waals surface area contributed by atoms with Crippen LogP contribution in [0.4, 0.5) is 5.69 Å². The SMILES string of the molecule is C=CCn1ncc(N2CCCC(C(C)NC)C2)c(Br)c1=O. The lowest BCUT2D eigenvalue weighted by Crippen LogP contribution is -2.44. The maximum Gasteiger partial charge on any atom is 0.283 e. The van der Waals surface area contributed by atoms with Crippen LogP contribution in [0.2, 0.25) is 0 Å². The largest absolute Gasteiger partial charge is 0.369 e. The number of rotatable bonds is 5. The van der Waals surface area contributed by atoms with E-state index in [2.05, 4.69) is 44.7 Å². The molecule has 0 saturated carbocycles. The van der Waals surface area contributed by atoms with Gasteiger partial charge < -0.3 is 10.2 Å². The molecule has 116 valence electrons. The number of allylic oxidation sites excluding steroid dienone is 1. The molecule has 1 aromatic heterocycles. The molecule has 0 aliphatic carbocycles. The van der Waals surface area contributed by atoms with Crippen molar-refractivity contribution in [3.05, 3.63) is 33.7 Å². The second-order valence-corrected chi connectivity index (χ2v) is 6.34. The first kappa shape index (κ1) is 16.2. The summed E-state index contributed by atoms with van der Waals surface area (Å²) in [6, 6.07) is 0.473. The quantitative estimate of drug-likeness (QED) is 0.821. The highest BCUT2D eigenvalue weighted by Gasteiger charge is 2.26. The average molecular weight is 355 g/mol. The van der Waals surface area contributed by atoms with Crippen molar-refractivity contribution in [2.75, 3.05) is 25.0 Å². The number of hydrogen-bond donors (Lipinski definition) is 1. The maximum absolute atomic E-state index is 12.3. The molecule has 21 heavy (non-hydrogen) atoms. The summed E-state index contributed by atoms with van der Waals surface area (Å²) in [7, 11) is 2.00. The van der Waals surface area contributed by atoms with Gasteiger partial charge in [0.1, 0.15) is 4.47 Å². The van der Waals surface area contributed by atoms with Crippen molar-refractivity contribution in [1.29, 1.82) is 0 Å². The molecular weight excluding hydrogens is 332 g/mol. The summed E-state index contributed by atoms with van der Waals surface area (Å²) in [5, 5.41) is 7.57. The minimum atomic E-state index is -0.101. The standard InChI is InChI=1S/C15H23BrN4O/c1-4-7-20-15(21)14(16)13(9-18-20)19-8-5-6-12(10-19)11(2)17-3/h4,9,11-12,17H,1,5-8,10H2,2-3H3. The molecule has 0 radical (unpaired) electrons. The summed E-state index contributed by atoms with van der Waals surface area (Å²) >= 11 is 3.45. The van der Waals surface area contributed by atoms with E-state index < -0.39 is 0 Å². The van der Waals surface area contributed by atoms with Crippen molar-refractivity contribution >= 4 is 21.6 Å². The van der Waals surface area contributed by atoms with Crippen LogP contribution in [-0.2, 0) is 6.54 Å². The van der Waals surface area contributed by atoms with Crippen LogP contribution in [0.5, 0.6) is 0 Å². The molecule has 2 heterocycles. The van der Waals surface area contributed by atoms with E-state index in [0.717, 1.165) is 25.2 Å². The van der Waals surface area contributed by atoms with E-state index >= 15 is 0 Å². The Morgan fingerprint density at radius 3 is 3.10 bits per heavy atom. The number of nitrogens with one attached hydrogen (secondary N) is 1. The zero-order valence-corrected chi connectivity index (χ0v) is 14.3. The summed E-state index contributed by atoms with van der Waals surface area (Å²) < 4.78 is 2.01. The molecule has 2 rings (SSSR count). The topological polar surface area (TPSA) is 50.2 Å². The Labute approximate surface area is 134 Å². The van der Waals surface area contributed by atoms with Crippen LogP contribution < -0.4 is 15.8 Å². The molecule has 1 saturated heterocycles. The Hall–Kier alpha value is -1.14. The van der Waals surface area contributed by atoms with E-state index in [-0.39, 0.29) is 5.56 Å². The average Bonchev–Trinajstić information content (AvgIpc) is 2.51. The van der Waals surface area contributed by atoms with Crippen LogP contribution in [0.25, 0.3) is 0 Å². The van der Waals surface area contributed by atoms with E-state index in [0.29, 0.717) is 23.0 Å². The lowest BCUT2D eigenvalue weighted by molar-refractivity contribution is 0.333. The molecule has 1 fully saturated rings. The van der Waals surface area contributed by atoms with Crippen molar-refractivity contribution in [2.24, 2.45) is 5.92 Å². The van der Waals surface area contributed by atoms with Crippen LogP contribution in [0.3, 0.4) is 0 Å². The summed E-state index contributed by atoms with van der Waals surface area (Å²) in [4.78, 5) is 14.5. The fourth-order valence-corrected chi connectivity index (χ4v) is 3.36. The Morgan fingerprint density at radius 2 is 2.43 bits per heavy atom. The predicted molar refractivity (Wildman–Crippen MR) is 89.9 cm³/mol. The van der Waals surface area contributed by atoms with Crippen molar-refractivity contribution in [2.45, 2.75) is 32.4 Å². The summed E-state index contributed by atoms with van der Waals surface area (Å²) in [6.45, 7) is 8.21. The third-order valence-corrected chi connectivity index (χ3v) is 4.97. The van der Waals surface area contributed by atoms with E-state index in [1.165, 1.54) is 11.1 Å². The predicted octanol–water partition coefficient (Wildman–Crippen LogP) is 2.02. The van der Waals surface area contributed by atoms with Crippen molar-refractivity contribution in [1.82, 2.24) is 15.1 Å². The number of piperidine rings is 1. The summed E-state index contributed by atoms with van der Waals surface area (Å²) in [5.41, 5.74) is 0.796. The van der Waals surface area contributed by atoms with Gasteiger partial charge in [0, 0.05) is 19.1 Å². The van der Waals surface area contributed by atoms with Crippen molar-refractivity contribution in [3.8, 4) is 0 Å². The maximum atomic E-state index is 12.3. The molecule has 1 aliphatic heterocycles. The van der Waals surface area contributed by atoms with Crippen LogP contribution in [-0.4, -0.2) is 36.0 Å². The molecule has 1 N–H and O–H groups in total. The van der Waals surface area contributed by atoms with Gasteiger partial charge in [-0.2, -0.15) is 5.10 Å². The highest BCUT2D eigenvalue weighted by Crippen LogP contribution is 2.28. The summed E-state index contributed by atoms with van der Waals surface area (Å²) in [5.74, 6) is 0.589.